The SMILES string of the molecule is CC(=O)N1CCN(C(=O)c2cccc([N+](=O)[O-])c2Cl)CC1. The molecule has 0 aliphatic carbocycles. The van der Waals surface area contributed by atoms with Crippen LogP contribution in [0.3, 0.4) is 0 Å². The van der Waals surface area contributed by atoms with E-state index in [0.717, 1.165) is 0 Å². The Bertz CT molecular complexity index is 597. The van der Waals surface area contributed by atoms with Gasteiger partial charge in [-0.05, 0) is 6.07 Å². The van der Waals surface area contributed by atoms with Crippen LogP contribution in [0.5, 0.6) is 0 Å². The summed E-state index contributed by atoms with van der Waals surface area (Å²) in [4.78, 5) is 37.1. The molecule has 1 aliphatic heterocycles. The van der Waals surface area contributed by atoms with E-state index < -0.39 is 4.92 Å². The van der Waals surface area contributed by atoms with Gasteiger partial charge in [0.15, 0.2) is 0 Å². The Kier molecular flexibility index (Phi) is 4.42. The third kappa shape index (κ3) is 3.13. The highest BCUT2D eigenvalue weighted by atomic mass is 35.5. The van der Waals surface area contributed by atoms with Crippen molar-refractivity contribution in [3.05, 3.63) is 38.9 Å². The van der Waals surface area contributed by atoms with E-state index in [9.17, 15) is 19.7 Å². The molecule has 112 valence electrons. The second-order valence-corrected chi connectivity index (χ2v) is 5.07. The lowest BCUT2D eigenvalue weighted by Gasteiger charge is -2.34. The first-order valence-corrected chi connectivity index (χ1v) is 6.77. The Morgan fingerprint density at radius 3 is 2.29 bits per heavy atom. The van der Waals surface area contributed by atoms with E-state index in [2.05, 4.69) is 0 Å². The molecule has 2 rings (SSSR count). The van der Waals surface area contributed by atoms with Crippen molar-refractivity contribution in [1.29, 1.82) is 0 Å². The molecule has 1 saturated heterocycles. The molecule has 8 heteroatoms. The van der Waals surface area contributed by atoms with Gasteiger partial charge in [0.1, 0.15) is 5.02 Å². The van der Waals surface area contributed by atoms with Crippen LogP contribution < -0.4 is 0 Å². The van der Waals surface area contributed by atoms with Crippen molar-refractivity contribution in [2.24, 2.45) is 0 Å². The van der Waals surface area contributed by atoms with Crippen molar-refractivity contribution < 1.29 is 14.5 Å². The van der Waals surface area contributed by atoms with Crippen LogP contribution in [0, 0.1) is 10.1 Å². The fraction of sp³-hybridized carbons (Fsp3) is 0.385. The largest absolute Gasteiger partial charge is 0.339 e. The second kappa shape index (κ2) is 6.09. The summed E-state index contributed by atoms with van der Waals surface area (Å²) in [5, 5.41) is 10.7. The number of carbonyl (C=O) groups excluding carboxylic acids is 2. The molecule has 0 atom stereocenters. The zero-order valence-electron chi connectivity index (χ0n) is 11.4. The predicted molar refractivity (Wildman–Crippen MR) is 76.3 cm³/mol. The molecule has 0 aromatic heterocycles. The first-order valence-electron chi connectivity index (χ1n) is 6.39. The quantitative estimate of drug-likeness (QED) is 0.613. The van der Waals surface area contributed by atoms with E-state index in [4.69, 9.17) is 11.6 Å². The maximum Gasteiger partial charge on any atom is 0.288 e. The molecular formula is C13H14ClN3O4. The molecule has 0 unspecified atom stereocenters. The number of rotatable bonds is 2. The van der Waals surface area contributed by atoms with Gasteiger partial charge in [-0.15, -0.1) is 0 Å². The lowest BCUT2D eigenvalue weighted by atomic mass is 10.1. The van der Waals surface area contributed by atoms with E-state index in [1.165, 1.54) is 25.1 Å². The first-order chi connectivity index (χ1) is 9.91. The lowest BCUT2D eigenvalue weighted by Crippen LogP contribution is -2.50. The maximum absolute atomic E-state index is 12.4. The molecule has 1 fully saturated rings. The van der Waals surface area contributed by atoms with Crippen molar-refractivity contribution in [2.75, 3.05) is 26.2 Å². The molecule has 0 saturated carbocycles. The molecule has 1 aromatic rings. The molecule has 0 bridgehead atoms. The smallest absolute Gasteiger partial charge is 0.288 e. The number of hydrogen-bond donors (Lipinski definition) is 0. The minimum absolute atomic E-state index is 0.0320. The minimum Gasteiger partial charge on any atom is -0.339 e. The fourth-order valence-corrected chi connectivity index (χ4v) is 2.50. The Balaban J connectivity index is 2.17. The summed E-state index contributed by atoms with van der Waals surface area (Å²) in [6, 6.07) is 4.16. The molecule has 7 nitrogen and oxygen atoms in total. The van der Waals surface area contributed by atoms with Crippen LogP contribution in [0.1, 0.15) is 17.3 Å². The number of halogens is 1. The van der Waals surface area contributed by atoms with Gasteiger partial charge in [-0.25, -0.2) is 0 Å². The Labute approximate surface area is 126 Å². The zero-order valence-corrected chi connectivity index (χ0v) is 12.2. The van der Waals surface area contributed by atoms with Crippen LogP contribution in [0.2, 0.25) is 5.02 Å². The molecule has 21 heavy (non-hydrogen) atoms. The van der Waals surface area contributed by atoms with E-state index in [0.29, 0.717) is 26.2 Å². The van der Waals surface area contributed by atoms with Gasteiger partial charge in [0, 0.05) is 39.2 Å². The van der Waals surface area contributed by atoms with Gasteiger partial charge in [0.2, 0.25) is 5.91 Å². The zero-order chi connectivity index (χ0) is 15.6. The van der Waals surface area contributed by atoms with Gasteiger partial charge in [0.25, 0.3) is 11.6 Å². The summed E-state index contributed by atoms with van der Waals surface area (Å²) in [6.45, 7) is 3.16. The second-order valence-electron chi connectivity index (χ2n) is 4.69. The molecule has 0 radical (unpaired) electrons. The maximum atomic E-state index is 12.4. The number of piperazine rings is 1. The first kappa shape index (κ1) is 15.2. The van der Waals surface area contributed by atoms with Crippen LogP contribution in [-0.4, -0.2) is 52.7 Å². The Morgan fingerprint density at radius 1 is 1.19 bits per heavy atom. The average molecular weight is 312 g/mol. The molecule has 0 N–H and O–H groups in total. The number of nitro groups is 1. The summed E-state index contributed by atoms with van der Waals surface area (Å²) >= 11 is 5.94. The molecule has 1 aliphatic rings. The van der Waals surface area contributed by atoms with Crippen LogP contribution >= 0.6 is 11.6 Å². The number of amides is 2. The summed E-state index contributed by atoms with van der Waals surface area (Å²) in [6.07, 6.45) is 0. The van der Waals surface area contributed by atoms with Crippen molar-refractivity contribution in [3.63, 3.8) is 0 Å². The fourth-order valence-electron chi connectivity index (χ4n) is 2.22. The van der Waals surface area contributed by atoms with Gasteiger partial charge >= 0.3 is 0 Å². The number of nitro benzene ring substituents is 1. The average Bonchev–Trinajstić information content (AvgIpc) is 2.46. The van der Waals surface area contributed by atoms with Crippen LogP contribution in [-0.2, 0) is 4.79 Å². The highest BCUT2D eigenvalue weighted by Crippen LogP contribution is 2.28. The third-order valence-electron chi connectivity index (χ3n) is 3.42. The van der Waals surface area contributed by atoms with Gasteiger partial charge in [0.05, 0.1) is 10.5 Å². The van der Waals surface area contributed by atoms with Gasteiger partial charge in [-0.3, -0.25) is 19.7 Å². The van der Waals surface area contributed by atoms with Crippen molar-refractivity contribution in [3.8, 4) is 0 Å². The predicted octanol–water partition coefficient (Wildman–Crippen LogP) is 1.55. The normalized spacial score (nSPS) is 15.0. The van der Waals surface area contributed by atoms with Crippen molar-refractivity contribution in [2.45, 2.75) is 6.92 Å². The summed E-state index contributed by atoms with van der Waals surface area (Å²) < 4.78 is 0. The highest BCUT2D eigenvalue weighted by Gasteiger charge is 2.27. The summed E-state index contributed by atoms with van der Waals surface area (Å²) in [5.74, 6) is -0.387. The van der Waals surface area contributed by atoms with Crippen molar-refractivity contribution in [1.82, 2.24) is 9.80 Å². The summed E-state index contributed by atoms with van der Waals surface area (Å²) in [5.41, 5.74) is -0.174. The summed E-state index contributed by atoms with van der Waals surface area (Å²) in [7, 11) is 0. The topological polar surface area (TPSA) is 83.8 Å². The molecule has 2 amide bonds. The molecular weight excluding hydrogens is 298 g/mol. The van der Waals surface area contributed by atoms with Crippen LogP contribution in [0.25, 0.3) is 0 Å². The Morgan fingerprint density at radius 2 is 1.76 bits per heavy atom. The lowest BCUT2D eigenvalue weighted by molar-refractivity contribution is -0.384. The van der Waals surface area contributed by atoms with Crippen LogP contribution in [0.15, 0.2) is 18.2 Å². The molecule has 1 heterocycles. The monoisotopic (exact) mass is 311 g/mol. The van der Waals surface area contributed by atoms with Gasteiger partial charge in [-0.1, -0.05) is 17.7 Å². The van der Waals surface area contributed by atoms with E-state index in [-0.39, 0.29) is 28.1 Å². The number of carbonyl (C=O) groups is 2. The van der Waals surface area contributed by atoms with E-state index in [1.54, 1.807) is 9.80 Å². The van der Waals surface area contributed by atoms with Crippen LogP contribution in [0.4, 0.5) is 5.69 Å². The molecule has 0 spiro atoms. The van der Waals surface area contributed by atoms with Crippen molar-refractivity contribution >= 4 is 29.1 Å². The number of benzene rings is 1. The van der Waals surface area contributed by atoms with Gasteiger partial charge in [-0.2, -0.15) is 0 Å². The Hall–Kier alpha value is -2.15. The highest BCUT2D eigenvalue weighted by molar-refractivity contribution is 6.35. The van der Waals surface area contributed by atoms with E-state index >= 15 is 0 Å². The third-order valence-corrected chi connectivity index (χ3v) is 3.81. The minimum atomic E-state index is -0.618. The number of nitrogens with zero attached hydrogens (tertiary/aromatic N) is 3. The standard InChI is InChI=1S/C13H14ClN3O4/c1-9(18)15-5-7-16(8-6-15)13(19)10-3-2-4-11(12(10)14)17(20)21/h2-4H,5-8H2,1H3. The number of hydrogen-bond acceptors (Lipinski definition) is 4. The van der Waals surface area contributed by atoms with E-state index in [1.807, 2.05) is 0 Å². The van der Waals surface area contributed by atoms with Gasteiger partial charge < -0.3 is 9.80 Å². The molecule has 1 aromatic carbocycles.